The van der Waals surface area contributed by atoms with Crippen molar-refractivity contribution < 1.29 is 14.3 Å². The summed E-state index contributed by atoms with van der Waals surface area (Å²) in [4.78, 5) is 25.9. The molecule has 28 heavy (non-hydrogen) atoms. The van der Waals surface area contributed by atoms with Gasteiger partial charge in [-0.25, -0.2) is 0 Å². The van der Waals surface area contributed by atoms with Crippen molar-refractivity contribution in [1.82, 2.24) is 10.2 Å². The molecule has 0 saturated carbocycles. The Morgan fingerprint density at radius 2 is 1.75 bits per heavy atom. The van der Waals surface area contributed by atoms with E-state index in [-0.39, 0.29) is 30.9 Å². The fourth-order valence-corrected chi connectivity index (χ4v) is 3.10. The molecule has 0 aliphatic rings. The summed E-state index contributed by atoms with van der Waals surface area (Å²) in [5.41, 5.74) is 1.28. The number of carbonyl (C=O) groups is 2. The van der Waals surface area contributed by atoms with Crippen LogP contribution in [-0.2, 0) is 9.59 Å². The number of rotatable bonds is 8. The maximum Gasteiger partial charge on any atom is 0.244 e. The number of hydrogen-bond donors (Lipinski definition) is 2. The van der Waals surface area contributed by atoms with Gasteiger partial charge in [0.05, 0.1) is 35.9 Å². The van der Waals surface area contributed by atoms with Gasteiger partial charge in [-0.05, 0) is 25.1 Å². The Labute approximate surface area is 174 Å². The van der Waals surface area contributed by atoms with Crippen LogP contribution in [0.2, 0.25) is 10.0 Å². The Balaban J connectivity index is 1.88. The highest BCUT2D eigenvalue weighted by Gasteiger charge is 2.17. The van der Waals surface area contributed by atoms with Crippen molar-refractivity contribution in [1.29, 1.82) is 0 Å². The lowest BCUT2D eigenvalue weighted by atomic mass is 10.1. The lowest BCUT2D eigenvalue weighted by molar-refractivity contribution is -0.132. The first kappa shape index (κ1) is 22.0. The van der Waals surface area contributed by atoms with Crippen LogP contribution in [0.3, 0.4) is 0 Å². The monoisotopic (exact) mass is 423 g/mol. The average Bonchev–Trinajstić information content (AvgIpc) is 2.68. The summed E-state index contributed by atoms with van der Waals surface area (Å²) < 4.78 is 5.34. The molecule has 2 aromatic rings. The van der Waals surface area contributed by atoms with Gasteiger partial charge >= 0.3 is 0 Å². The molecule has 6 nitrogen and oxygen atoms in total. The van der Waals surface area contributed by atoms with Gasteiger partial charge in [0.15, 0.2) is 0 Å². The molecule has 0 aliphatic carbocycles. The first-order valence-corrected chi connectivity index (χ1v) is 9.43. The van der Waals surface area contributed by atoms with Gasteiger partial charge in [-0.1, -0.05) is 47.5 Å². The zero-order chi connectivity index (χ0) is 20.7. The van der Waals surface area contributed by atoms with Gasteiger partial charge in [0.25, 0.3) is 0 Å². The van der Waals surface area contributed by atoms with Gasteiger partial charge in [0, 0.05) is 18.7 Å². The molecule has 2 amide bonds. The van der Waals surface area contributed by atoms with Crippen LogP contribution in [0.25, 0.3) is 0 Å². The zero-order valence-corrected chi connectivity index (χ0v) is 17.5. The molecule has 0 bridgehead atoms. The first-order chi connectivity index (χ1) is 13.3. The predicted octanol–water partition coefficient (Wildman–Crippen LogP) is 3.75. The Morgan fingerprint density at radius 3 is 2.39 bits per heavy atom. The number of anilines is 1. The number of halogens is 2. The summed E-state index contributed by atoms with van der Waals surface area (Å²) in [5.74, 6) is 0.144. The number of carbonyl (C=O) groups excluding carboxylic acids is 2. The third kappa shape index (κ3) is 5.86. The number of methoxy groups -OCH3 is 1. The molecular formula is C20H23Cl2N3O3. The van der Waals surface area contributed by atoms with Crippen LogP contribution in [0.4, 0.5) is 5.69 Å². The summed E-state index contributed by atoms with van der Waals surface area (Å²) in [7, 11) is 3.17. The molecule has 0 unspecified atom stereocenters. The lowest BCUT2D eigenvalue weighted by Gasteiger charge is -2.20. The third-order valence-electron chi connectivity index (χ3n) is 4.20. The average molecular weight is 424 g/mol. The summed E-state index contributed by atoms with van der Waals surface area (Å²) in [6.07, 6.45) is 0. The van der Waals surface area contributed by atoms with Gasteiger partial charge in [-0.2, -0.15) is 0 Å². The van der Waals surface area contributed by atoms with Crippen molar-refractivity contribution in [3.63, 3.8) is 0 Å². The number of ether oxygens (including phenoxy) is 1. The summed E-state index contributed by atoms with van der Waals surface area (Å²) in [6.45, 7) is 1.90. The molecular weight excluding hydrogens is 401 g/mol. The van der Waals surface area contributed by atoms with Gasteiger partial charge in [0.2, 0.25) is 11.8 Å². The fourth-order valence-electron chi connectivity index (χ4n) is 2.61. The summed E-state index contributed by atoms with van der Waals surface area (Å²) in [5, 5.41) is 6.46. The van der Waals surface area contributed by atoms with Crippen LogP contribution in [-0.4, -0.2) is 44.0 Å². The van der Waals surface area contributed by atoms with Crippen molar-refractivity contribution in [3.8, 4) is 5.75 Å². The van der Waals surface area contributed by atoms with Crippen molar-refractivity contribution >= 4 is 40.7 Å². The van der Waals surface area contributed by atoms with E-state index in [4.69, 9.17) is 27.9 Å². The fraction of sp³-hybridized carbons (Fsp3) is 0.300. The minimum Gasteiger partial charge on any atom is -0.496 e. The quantitative estimate of drug-likeness (QED) is 0.677. The zero-order valence-electron chi connectivity index (χ0n) is 16.0. The van der Waals surface area contributed by atoms with Gasteiger partial charge in [-0.15, -0.1) is 0 Å². The molecule has 0 radical (unpaired) electrons. The highest BCUT2D eigenvalue weighted by Crippen LogP contribution is 2.29. The number of benzene rings is 2. The predicted molar refractivity (Wildman–Crippen MR) is 112 cm³/mol. The number of nitrogens with zero attached hydrogens (tertiary/aromatic N) is 1. The minimum atomic E-state index is -0.386. The molecule has 0 heterocycles. The number of nitrogens with one attached hydrogen (secondary N) is 2. The van der Waals surface area contributed by atoms with Crippen molar-refractivity contribution in [2.24, 2.45) is 0 Å². The molecule has 2 rings (SSSR count). The molecule has 2 aromatic carbocycles. The van der Waals surface area contributed by atoms with Crippen LogP contribution in [0.5, 0.6) is 5.75 Å². The van der Waals surface area contributed by atoms with E-state index < -0.39 is 0 Å². The maximum atomic E-state index is 12.4. The summed E-state index contributed by atoms with van der Waals surface area (Å²) in [6, 6.07) is 12.4. The lowest BCUT2D eigenvalue weighted by Crippen LogP contribution is -2.40. The Hall–Kier alpha value is -2.28. The molecule has 0 aliphatic heterocycles. The molecule has 2 N–H and O–H groups in total. The molecule has 0 spiro atoms. The smallest absolute Gasteiger partial charge is 0.244 e. The van der Waals surface area contributed by atoms with Gasteiger partial charge in [0.1, 0.15) is 5.75 Å². The van der Waals surface area contributed by atoms with Crippen LogP contribution in [0, 0.1) is 0 Å². The third-order valence-corrected chi connectivity index (χ3v) is 4.83. The first-order valence-electron chi connectivity index (χ1n) is 8.67. The highest BCUT2D eigenvalue weighted by atomic mass is 35.5. The standard InChI is InChI=1S/C20H23Cl2N3O3/c1-13(14-7-4-5-10-17(14)28-3)23-11-19(27)25(2)12-18(26)24-20-15(21)8-6-9-16(20)22/h4-10,13,23H,11-12H2,1-3H3,(H,24,26)/t13-/m0/s1. The Kier molecular flexibility index (Phi) is 8.11. The van der Waals surface area contributed by atoms with Gasteiger partial charge < -0.3 is 20.3 Å². The van der Waals surface area contributed by atoms with Crippen LogP contribution in [0.15, 0.2) is 42.5 Å². The van der Waals surface area contributed by atoms with Crippen molar-refractivity contribution in [2.45, 2.75) is 13.0 Å². The van der Waals surface area contributed by atoms with E-state index in [1.165, 1.54) is 4.90 Å². The van der Waals surface area contributed by atoms with Crippen LogP contribution >= 0.6 is 23.2 Å². The summed E-state index contributed by atoms with van der Waals surface area (Å²) >= 11 is 12.1. The second-order valence-corrected chi connectivity index (χ2v) is 7.05. The SMILES string of the molecule is COc1ccccc1[C@H](C)NCC(=O)N(C)CC(=O)Nc1c(Cl)cccc1Cl. The number of likely N-dealkylation sites (N-methyl/N-ethyl adjacent to an activating group) is 1. The molecule has 150 valence electrons. The molecule has 8 heteroatoms. The van der Waals surface area contributed by atoms with Crippen molar-refractivity contribution in [2.75, 3.05) is 32.6 Å². The number of para-hydroxylation sites is 2. The molecule has 1 atom stereocenters. The van der Waals surface area contributed by atoms with E-state index in [1.54, 1.807) is 32.4 Å². The second-order valence-electron chi connectivity index (χ2n) is 6.24. The molecule has 0 saturated heterocycles. The van der Waals surface area contributed by atoms with E-state index >= 15 is 0 Å². The van der Waals surface area contributed by atoms with Gasteiger partial charge in [-0.3, -0.25) is 9.59 Å². The maximum absolute atomic E-state index is 12.4. The molecule has 0 fully saturated rings. The largest absolute Gasteiger partial charge is 0.496 e. The minimum absolute atomic E-state index is 0.0792. The van der Waals surface area contributed by atoms with E-state index in [0.717, 1.165) is 11.3 Å². The van der Waals surface area contributed by atoms with E-state index in [1.807, 2.05) is 31.2 Å². The van der Waals surface area contributed by atoms with E-state index in [2.05, 4.69) is 10.6 Å². The highest BCUT2D eigenvalue weighted by molar-refractivity contribution is 6.39. The normalized spacial score (nSPS) is 11.6. The van der Waals surface area contributed by atoms with E-state index in [9.17, 15) is 9.59 Å². The Morgan fingerprint density at radius 1 is 1.11 bits per heavy atom. The van der Waals surface area contributed by atoms with Crippen LogP contribution in [0.1, 0.15) is 18.5 Å². The van der Waals surface area contributed by atoms with Crippen LogP contribution < -0.4 is 15.4 Å². The number of hydrogen-bond acceptors (Lipinski definition) is 4. The topological polar surface area (TPSA) is 70.7 Å². The number of amides is 2. The Bertz CT molecular complexity index is 825. The molecule has 0 aromatic heterocycles. The second kappa shape index (κ2) is 10.3. The van der Waals surface area contributed by atoms with E-state index in [0.29, 0.717) is 15.7 Å². The van der Waals surface area contributed by atoms with Crippen molar-refractivity contribution in [3.05, 3.63) is 58.1 Å².